The fourth-order valence-corrected chi connectivity index (χ4v) is 2.62. The molecule has 1 aliphatic rings. The van der Waals surface area contributed by atoms with Gasteiger partial charge in [0.15, 0.2) is 0 Å². The SMILES string of the molecule is COC(=O)c1cc(N2CCC(C)C2CO)ccc1N. The minimum Gasteiger partial charge on any atom is -0.465 e. The van der Waals surface area contributed by atoms with E-state index in [1.807, 2.05) is 6.07 Å². The van der Waals surface area contributed by atoms with Crippen molar-refractivity contribution >= 4 is 17.3 Å². The second kappa shape index (κ2) is 5.48. The van der Waals surface area contributed by atoms with E-state index in [2.05, 4.69) is 11.8 Å². The van der Waals surface area contributed by atoms with Gasteiger partial charge in [-0.05, 0) is 30.5 Å². The molecule has 0 radical (unpaired) electrons. The predicted octanol–water partition coefficient (Wildman–Crippen LogP) is 1.26. The topological polar surface area (TPSA) is 75.8 Å². The number of esters is 1. The first kappa shape index (κ1) is 13.7. The summed E-state index contributed by atoms with van der Waals surface area (Å²) in [5, 5.41) is 9.49. The van der Waals surface area contributed by atoms with E-state index in [9.17, 15) is 9.90 Å². The Hall–Kier alpha value is -1.75. The maximum atomic E-state index is 11.6. The molecule has 2 unspecified atom stereocenters. The molecule has 2 atom stereocenters. The molecule has 5 nitrogen and oxygen atoms in total. The molecule has 3 N–H and O–H groups in total. The summed E-state index contributed by atoms with van der Waals surface area (Å²) in [6, 6.07) is 5.41. The van der Waals surface area contributed by atoms with Crippen LogP contribution in [-0.4, -0.2) is 37.4 Å². The molecule has 0 aromatic heterocycles. The Kier molecular flexibility index (Phi) is 3.95. The van der Waals surface area contributed by atoms with Crippen molar-refractivity contribution in [2.75, 3.05) is 30.9 Å². The number of nitrogens with zero attached hydrogens (tertiary/aromatic N) is 1. The first-order valence-corrected chi connectivity index (χ1v) is 6.43. The summed E-state index contributed by atoms with van der Waals surface area (Å²) >= 11 is 0. The van der Waals surface area contributed by atoms with Crippen molar-refractivity contribution in [3.8, 4) is 0 Å². The van der Waals surface area contributed by atoms with E-state index in [0.717, 1.165) is 18.7 Å². The van der Waals surface area contributed by atoms with Gasteiger partial charge in [-0.15, -0.1) is 0 Å². The fraction of sp³-hybridized carbons (Fsp3) is 0.500. The lowest BCUT2D eigenvalue weighted by Crippen LogP contribution is -2.35. The van der Waals surface area contributed by atoms with Crippen LogP contribution in [-0.2, 0) is 4.74 Å². The van der Waals surface area contributed by atoms with Crippen LogP contribution < -0.4 is 10.6 Å². The number of ether oxygens (including phenoxy) is 1. The van der Waals surface area contributed by atoms with E-state index in [1.54, 1.807) is 12.1 Å². The molecule has 1 aromatic rings. The van der Waals surface area contributed by atoms with Crippen LogP contribution in [0.25, 0.3) is 0 Å². The zero-order chi connectivity index (χ0) is 14.0. The lowest BCUT2D eigenvalue weighted by molar-refractivity contribution is 0.0602. The van der Waals surface area contributed by atoms with Crippen molar-refractivity contribution in [1.29, 1.82) is 0 Å². The van der Waals surface area contributed by atoms with Gasteiger partial charge in [0, 0.05) is 17.9 Å². The molecule has 0 amide bonds. The average Bonchev–Trinajstić information content (AvgIpc) is 2.79. The number of hydrogen-bond donors (Lipinski definition) is 2. The number of anilines is 2. The monoisotopic (exact) mass is 264 g/mol. The molecular weight excluding hydrogens is 244 g/mol. The molecule has 2 rings (SSSR count). The third kappa shape index (κ3) is 2.51. The Morgan fingerprint density at radius 3 is 2.95 bits per heavy atom. The first-order chi connectivity index (χ1) is 9.08. The van der Waals surface area contributed by atoms with E-state index in [0.29, 0.717) is 17.2 Å². The summed E-state index contributed by atoms with van der Waals surface area (Å²) in [5.74, 6) is -0.00345. The van der Waals surface area contributed by atoms with Gasteiger partial charge in [0.1, 0.15) is 0 Å². The third-order valence-corrected chi connectivity index (χ3v) is 3.84. The molecule has 1 saturated heterocycles. The quantitative estimate of drug-likeness (QED) is 0.635. The lowest BCUT2D eigenvalue weighted by Gasteiger charge is -2.27. The second-order valence-corrected chi connectivity index (χ2v) is 4.97. The largest absolute Gasteiger partial charge is 0.465 e. The molecule has 0 spiro atoms. The average molecular weight is 264 g/mol. The van der Waals surface area contributed by atoms with E-state index < -0.39 is 5.97 Å². The minimum atomic E-state index is -0.438. The van der Waals surface area contributed by atoms with Gasteiger partial charge in [-0.2, -0.15) is 0 Å². The summed E-state index contributed by atoms with van der Waals surface area (Å²) in [6.07, 6.45) is 1.03. The number of hydrogen-bond acceptors (Lipinski definition) is 5. The van der Waals surface area contributed by atoms with Crippen molar-refractivity contribution in [3.05, 3.63) is 23.8 Å². The molecule has 1 aromatic carbocycles. The Bertz CT molecular complexity index is 476. The number of benzene rings is 1. The number of carbonyl (C=O) groups is 1. The van der Waals surface area contributed by atoms with Gasteiger partial charge in [0.05, 0.1) is 25.3 Å². The van der Waals surface area contributed by atoms with Crippen LogP contribution >= 0.6 is 0 Å². The molecule has 1 fully saturated rings. The number of rotatable bonds is 3. The summed E-state index contributed by atoms with van der Waals surface area (Å²) in [7, 11) is 1.34. The zero-order valence-electron chi connectivity index (χ0n) is 11.3. The highest BCUT2D eigenvalue weighted by atomic mass is 16.5. The van der Waals surface area contributed by atoms with Crippen molar-refractivity contribution < 1.29 is 14.6 Å². The molecule has 5 heteroatoms. The van der Waals surface area contributed by atoms with Crippen LogP contribution in [0.2, 0.25) is 0 Å². The number of carbonyl (C=O) groups excluding carboxylic acids is 1. The van der Waals surface area contributed by atoms with Crippen LogP contribution in [0.3, 0.4) is 0 Å². The van der Waals surface area contributed by atoms with E-state index >= 15 is 0 Å². The van der Waals surface area contributed by atoms with Crippen LogP contribution in [0.4, 0.5) is 11.4 Å². The smallest absolute Gasteiger partial charge is 0.340 e. The fourth-order valence-electron chi connectivity index (χ4n) is 2.62. The molecule has 19 heavy (non-hydrogen) atoms. The van der Waals surface area contributed by atoms with Gasteiger partial charge >= 0.3 is 5.97 Å². The highest BCUT2D eigenvalue weighted by Crippen LogP contribution is 2.31. The Balaban J connectivity index is 2.33. The normalized spacial score (nSPS) is 22.6. The van der Waals surface area contributed by atoms with E-state index in [4.69, 9.17) is 10.5 Å². The van der Waals surface area contributed by atoms with Crippen molar-refractivity contribution in [2.45, 2.75) is 19.4 Å². The number of aliphatic hydroxyl groups excluding tert-OH is 1. The van der Waals surface area contributed by atoms with Gasteiger partial charge in [-0.1, -0.05) is 6.92 Å². The van der Waals surface area contributed by atoms with Crippen LogP contribution in [0, 0.1) is 5.92 Å². The molecule has 0 bridgehead atoms. The highest BCUT2D eigenvalue weighted by Gasteiger charge is 2.31. The lowest BCUT2D eigenvalue weighted by atomic mass is 10.0. The van der Waals surface area contributed by atoms with Crippen molar-refractivity contribution in [1.82, 2.24) is 0 Å². The zero-order valence-corrected chi connectivity index (χ0v) is 11.3. The number of methoxy groups -OCH3 is 1. The molecule has 0 saturated carbocycles. The standard InChI is InChI=1S/C14H20N2O3/c1-9-5-6-16(13(9)8-17)10-3-4-12(15)11(7-10)14(18)19-2/h3-4,7,9,13,17H,5-6,8,15H2,1-2H3. The highest BCUT2D eigenvalue weighted by molar-refractivity contribution is 5.96. The first-order valence-electron chi connectivity index (χ1n) is 6.43. The summed E-state index contributed by atoms with van der Waals surface area (Å²) in [5.41, 5.74) is 7.47. The minimum absolute atomic E-state index is 0.0918. The van der Waals surface area contributed by atoms with Gasteiger partial charge in [-0.3, -0.25) is 0 Å². The van der Waals surface area contributed by atoms with E-state index in [1.165, 1.54) is 7.11 Å². The maximum absolute atomic E-state index is 11.6. The molecule has 1 heterocycles. The van der Waals surface area contributed by atoms with Crippen molar-refractivity contribution in [2.24, 2.45) is 5.92 Å². The Morgan fingerprint density at radius 1 is 1.58 bits per heavy atom. The number of nitrogens with two attached hydrogens (primary N) is 1. The van der Waals surface area contributed by atoms with Crippen LogP contribution in [0.5, 0.6) is 0 Å². The maximum Gasteiger partial charge on any atom is 0.340 e. The number of nitrogen functional groups attached to an aromatic ring is 1. The Labute approximate surface area is 113 Å². The van der Waals surface area contributed by atoms with Crippen LogP contribution in [0.1, 0.15) is 23.7 Å². The number of aliphatic hydroxyl groups is 1. The molecule has 104 valence electrons. The van der Waals surface area contributed by atoms with Gasteiger partial charge in [0.2, 0.25) is 0 Å². The predicted molar refractivity (Wildman–Crippen MR) is 74.2 cm³/mol. The van der Waals surface area contributed by atoms with Crippen LogP contribution in [0.15, 0.2) is 18.2 Å². The summed E-state index contributed by atoms with van der Waals surface area (Å²) < 4.78 is 4.72. The van der Waals surface area contributed by atoms with Gasteiger partial charge < -0.3 is 20.5 Å². The third-order valence-electron chi connectivity index (χ3n) is 3.84. The van der Waals surface area contributed by atoms with E-state index in [-0.39, 0.29) is 12.6 Å². The molecule has 0 aliphatic carbocycles. The summed E-state index contributed by atoms with van der Waals surface area (Å²) in [6.45, 7) is 3.11. The van der Waals surface area contributed by atoms with Gasteiger partial charge in [0.25, 0.3) is 0 Å². The summed E-state index contributed by atoms with van der Waals surface area (Å²) in [4.78, 5) is 13.8. The van der Waals surface area contributed by atoms with Gasteiger partial charge in [-0.25, -0.2) is 4.79 Å². The Morgan fingerprint density at radius 2 is 2.32 bits per heavy atom. The molecule has 1 aliphatic heterocycles. The molecular formula is C14H20N2O3. The second-order valence-electron chi connectivity index (χ2n) is 4.97. The van der Waals surface area contributed by atoms with Crippen molar-refractivity contribution in [3.63, 3.8) is 0 Å².